The standard InChI is InChI=1S/C26H26N4OS/c1-20-9-11-22(12-10-20)30-24(18-23(27-30)25-8-5-17-32-25)26(31)29-15-13-28(14-16-29)19-21-6-3-2-4-7-21/h2-12,17-18H,13-16,19H2,1H3. The topological polar surface area (TPSA) is 41.4 Å². The zero-order valence-corrected chi connectivity index (χ0v) is 19.0. The largest absolute Gasteiger partial charge is 0.335 e. The fourth-order valence-corrected chi connectivity index (χ4v) is 4.76. The Morgan fingerprint density at radius 3 is 2.38 bits per heavy atom. The Balaban J connectivity index is 1.36. The average Bonchev–Trinajstić information content (AvgIpc) is 3.51. The first kappa shape index (κ1) is 20.7. The lowest BCUT2D eigenvalue weighted by Gasteiger charge is -2.34. The van der Waals surface area contributed by atoms with Gasteiger partial charge in [-0.3, -0.25) is 9.69 Å². The molecule has 1 aliphatic rings. The van der Waals surface area contributed by atoms with Crippen molar-refractivity contribution < 1.29 is 4.79 Å². The SMILES string of the molecule is Cc1ccc(-n2nc(-c3cccs3)cc2C(=O)N2CCN(Cc3ccccc3)CC2)cc1. The van der Waals surface area contributed by atoms with Crippen LogP contribution < -0.4 is 0 Å². The molecule has 0 saturated carbocycles. The molecule has 0 unspecified atom stereocenters. The molecule has 162 valence electrons. The van der Waals surface area contributed by atoms with E-state index in [2.05, 4.69) is 48.2 Å². The number of carbonyl (C=O) groups excluding carboxylic acids is 1. The van der Waals surface area contributed by atoms with Gasteiger partial charge in [0.15, 0.2) is 0 Å². The minimum absolute atomic E-state index is 0.0419. The van der Waals surface area contributed by atoms with Crippen LogP contribution >= 0.6 is 11.3 Å². The van der Waals surface area contributed by atoms with Crippen LogP contribution in [0.5, 0.6) is 0 Å². The van der Waals surface area contributed by atoms with Gasteiger partial charge in [-0.15, -0.1) is 11.3 Å². The van der Waals surface area contributed by atoms with Crippen molar-refractivity contribution in [3.8, 4) is 16.3 Å². The molecule has 0 bridgehead atoms. The molecule has 1 saturated heterocycles. The monoisotopic (exact) mass is 442 g/mol. The van der Waals surface area contributed by atoms with Crippen molar-refractivity contribution in [3.05, 3.63) is 95.0 Å². The maximum Gasteiger partial charge on any atom is 0.272 e. The fourth-order valence-electron chi connectivity index (χ4n) is 4.07. The molecule has 1 amide bonds. The molecule has 0 spiro atoms. The second-order valence-electron chi connectivity index (χ2n) is 8.19. The molecule has 5 nitrogen and oxygen atoms in total. The van der Waals surface area contributed by atoms with Crippen molar-refractivity contribution in [1.29, 1.82) is 0 Å². The lowest BCUT2D eigenvalue weighted by Crippen LogP contribution is -2.48. The van der Waals surface area contributed by atoms with Gasteiger partial charge in [0, 0.05) is 32.7 Å². The van der Waals surface area contributed by atoms with Gasteiger partial charge in [-0.25, -0.2) is 4.68 Å². The summed E-state index contributed by atoms with van der Waals surface area (Å²) in [5.41, 5.74) is 4.86. The first-order chi connectivity index (χ1) is 15.7. The van der Waals surface area contributed by atoms with E-state index in [0.717, 1.165) is 49.0 Å². The first-order valence-electron chi connectivity index (χ1n) is 10.9. The van der Waals surface area contributed by atoms with E-state index < -0.39 is 0 Å². The number of aryl methyl sites for hydroxylation is 1. The van der Waals surface area contributed by atoms with Crippen LogP contribution in [-0.4, -0.2) is 51.7 Å². The first-order valence-corrected chi connectivity index (χ1v) is 11.8. The average molecular weight is 443 g/mol. The van der Waals surface area contributed by atoms with Crippen molar-refractivity contribution in [2.24, 2.45) is 0 Å². The van der Waals surface area contributed by atoms with Crippen molar-refractivity contribution in [3.63, 3.8) is 0 Å². The molecule has 1 fully saturated rings. The highest BCUT2D eigenvalue weighted by atomic mass is 32.1. The Kier molecular flexibility index (Phi) is 5.88. The van der Waals surface area contributed by atoms with E-state index in [1.54, 1.807) is 16.0 Å². The highest BCUT2D eigenvalue weighted by Gasteiger charge is 2.26. The number of piperazine rings is 1. The minimum Gasteiger partial charge on any atom is -0.335 e. The Morgan fingerprint density at radius 1 is 0.938 bits per heavy atom. The Labute approximate surface area is 192 Å². The van der Waals surface area contributed by atoms with Crippen LogP contribution in [0, 0.1) is 6.92 Å². The predicted octanol–water partition coefficient (Wildman–Crippen LogP) is 4.87. The summed E-state index contributed by atoms with van der Waals surface area (Å²) in [6, 6.07) is 24.7. The van der Waals surface area contributed by atoms with Gasteiger partial charge in [0.25, 0.3) is 5.91 Å². The Morgan fingerprint density at radius 2 is 1.69 bits per heavy atom. The van der Waals surface area contributed by atoms with Crippen LogP contribution in [0.2, 0.25) is 0 Å². The van der Waals surface area contributed by atoms with Crippen LogP contribution in [0.15, 0.2) is 78.2 Å². The van der Waals surface area contributed by atoms with Gasteiger partial charge in [0.05, 0.1) is 10.6 Å². The van der Waals surface area contributed by atoms with Gasteiger partial charge < -0.3 is 4.90 Å². The van der Waals surface area contributed by atoms with Gasteiger partial charge in [-0.1, -0.05) is 54.1 Å². The number of aromatic nitrogens is 2. The maximum atomic E-state index is 13.6. The number of carbonyl (C=O) groups is 1. The quantitative estimate of drug-likeness (QED) is 0.443. The molecule has 32 heavy (non-hydrogen) atoms. The third kappa shape index (κ3) is 4.38. The summed E-state index contributed by atoms with van der Waals surface area (Å²) in [7, 11) is 0. The van der Waals surface area contributed by atoms with E-state index in [1.165, 1.54) is 11.1 Å². The van der Waals surface area contributed by atoms with Gasteiger partial charge in [0.1, 0.15) is 11.4 Å². The van der Waals surface area contributed by atoms with Crippen molar-refractivity contribution in [1.82, 2.24) is 19.6 Å². The molecule has 0 N–H and O–H groups in total. The Bertz CT molecular complexity index is 1170. The van der Waals surface area contributed by atoms with E-state index in [4.69, 9.17) is 5.10 Å². The molecular weight excluding hydrogens is 416 g/mol. The van der Waals surface area contributed by atoms with Crippen molar-refractivity contribution in [2.45, 2.75) is 13.5 Å². The van der Waals surface area contributed by atoms with Gasteiger partial charge in [-0.05, 0) is 42.1 Å². The zero-order valence-electron chi connectivity index (χ0n) is 18.1. The second kappa shape index (κ2) is 9.10. The van der Waals surface area contributed by atoms with E-state index in [9.17, 15) is 4.79 Å². The molecule has 1 aliphatic heterocycles. The van der Waals surface area contributed by atoms with Gasteiger partial charge >= 0.3 is 0 Å². The molecule has 4 aromatic rings. The number of amides is 1. The summed E-state index contributed by atoms with van der Waals surface area (Å²) in [4.78, 5) is 19.0. The number of nitrogens with zero attached hydrogens (tertiary/aromatic N) is 4. The highest BCUT2D eigenvalue weighted by molar-refractivity contribution is 7.13. The zero-order chi connectivity index (χ0) is 21.9. The second-order valence-corrected chi connectivity index (χ2v) is 9.14. The molecular formula is C26H26N4OS. The lowest BCUT2D eigenvalue weighted by molar-refractivity contribution is 0.0619. The summed E-state index contributed by atoms with van der Waals surface area (Å²) >= 11 is 1.64. The third-order valence-corrected chi connectivity index (χ3v) is 6.78. The van der Waals surface area contributed by atoms with Crippen LogP contribution in [-0.2, 0) is 6.54 Å². The summed E-state index contributed by atoms with van der Waals surface area (Å²) in [5, 5.41) is 6.84. The number of thiophene rings is 1. The van der Waals surface area contributed by atoms with E-state index in [1.807, 2.05) is 46.7 Å². The smallest absolute Gasteiger partial charge is 0.272 e. The number of hydrogen-bond acceptors (Lipinski definition) is 4. The van der Waals surface area contributed by atoms with E-state index in [0.29, 0.717) is 5.69 Å². The highest BCUT2D eigenvalue weighted by Crippen LogP contribution is 2.27. The van der Waals surface area contributed by atoms with Gasteiger partial charge in [-0.2, -0.15) is 5.10 Å². The molecule has 2 aromatic heterocycles. The van der Waals surface area contributed by atoms with Crippen molar-refractivity contribution in [2.75, 3.05) is 26.2 Å². The summed E-state index contributed by atoms with van der Waals surface area (Å²) < 4.78 is 1.80. The predicted molar refractivity (Wildman–Crippen MR) is 129 cm³/mol. The molecule has 0 atom stereocenters. The summed E-state index contributed by atoms with van der Waals surface area (Å²) in [5.74, 6) is 0.0419. The van der Waals surface area contributed by atoms with Crippen LogP contribution in [0.4, 0.5) is 0 Å². The molecule has 2 aromatic carbocycles. The molecule has 3 heterocycles. The Hall–Kier alpha value is -3.22. The molecule has 0 aliphatic carbocycles. The molecule has 6 heteroatoms. The number of rotatable bonds is 5. The van der Waals surface area contributed by atoms with Crippen molar-refractivity contribution >= 4 is 17.2 Å². The number of hydrogen-bond donors (Lipinski definition) is 0. The van der Waals surface area contributed by atoms with Gasteiger partial charge in [0.2, 0.25) is 0 Å². The fraction of sp³-hybridized carbons (Fsp3) is 0.231. The summed E-state index contributed by atoms with van der Waals surface area (Å²) in [6.45, 7) is 6.17. The van der Waals surface area contributed by atoms with E-state index in [-0.39, 0.29) is 5.91 Å². The number of benzene rings is 2. The molecule has 5 rings (SSSR count). The third-order valence-electron chi connectivity index (χ3n) is 5.89. The van der Waals surface area contributed by atoms with E-state index >= 15 is 0 Å². The minimum atomic E-state index is 0.0419. The summed E-state index contributed by atoms with van der Waals surface area (Å²) in [6.07, 6.45) is 0. The molecule has 0 radical (unpaired) electrons. The van der Waals surface area contributed by atoms with Crippen LogP contribution in [0.25, 0.3) is 16.3 Å². The maximum absolute atomic E-state index is 13.6. The van der Waals surface area contributed by atoms with Crippen LogP contribution in [0.1, 0.15) is 21.6 Å². The van der Waals surface area contributed by atoms with Crippen LogP contribution in [0.3, 0.4) is 0 Å². The lowest BCUT2D eigenvalue weighted by atomic mass is 10.2. The normalized spacial score (nSPS) is 14.6.